The second-order valence-electron chi connectivity index (χ2n) is 7.22. The Labute approximate surface area is 159 Å². The minimum Gasteiger partial charge on any atom is -0.406 e. The van der Waals surface area contributed by atoms with E-state index in [1.165, 1.54) is 12.1 Å². The molecule has 1 aliphatic carbocycles. The molecule has 0 radical (unpaired) electrons. The molecule has 2 heterocycles. The Balaban J connectivity index is 1.46. The Morgan fingerprint density at radius 2 is 1.93 bits per heavy atom. The lowest BCUT2D eigenvalue weighted by molar-refractivity contribution is -0.274. The Morgan fingerprint density at radius 1 is 1.21 bits per heavy atom. The first-order valence-corrected chi connectivity index (χ1v) is 8.85. The fourth-order valence-corrected chi connectivity index (χ4v) is 3.66. The average Bonchev–Trinajstić information content (AvgIpc) is 3.32. The van der Waals surface area contributed by atoms with Gasteiger partial charge in [0, 0.05) is 30.5 Å². The van der Waals surface area contributed by atoms with E-state index in [9.17, 15) is 18.0 Å². The summed E-state index contributed by atoms with van der Waals surface area (Å²) in [6.07, 6.45) is -1.00. The standard InChI is InChI=1S/C19H19F3N4O2/c20-19(21,22)28-15-3-1-14(2-4-15)25-11-18(6-7-18)26(12-25)10-13-5-8-24-16(9-13)17(23)27/h1-5,8-9H,6-7,10-12H2,(H2,23,27). The number of amides is 1. The van der Waals surface area contributed by atoms with Crippen molar-refractivity contribution in [3.05, 3.63) is 53.9 Å². The normalized spacial score (nSPS) is 18.5. The number of pyridine rings is 1. The van der Waals surface area contributed by atoms with E-state index in [1.807, 2.05) is 6.07 Å². The van der Waals surface area contributed by atoms with E-state index >= 15 is 0 Å². The molecule has 1 spiro atoms. The number of benzene rings is 1. The SMILES string of the molecule is NC(=O)c1cc(CN2CN(c3ccc(OC(F)(F)F)cc3)CC23CC3)ccn1. The van der Waals surface area contributed by atoms with Crippen molar-refractivity contribution in [3.8, 4) is 5.75 Å². The van der Waals surface area contributed by atoms with Crippen LogP contribution in [-0.2, 0) is 6.54 Å². The van der Waals surface area contributed by atoms with Gasteiger partial charge in [-0.05, 0) is 54.8 Å². The first-order chi connectivity index (χ1) is 13.2. The first kappa shape index (κ1) is 18.5. The topological polar surface area (TPSA) is 71.7 Å². The number of hydrogen-bond acceptors (Lipinski definition) is 5. The summed E-state index contributed by atoms with van der Waals surface area (Å²) in [5.74, 6) is -0.795. The minimum atomic E-state index is -4.70. The number of hydrogen-bond donors (Lipinski definition) is 1. The molecule has 1 saturated heterocycles. The van der Waals surface area contributed by atoms with Crippen LogP contribution in [0.1, 0.15) is 28.9 Å². The van der Waals surface area contributed by atoms with Crippen molar-refractivity contribution in [2.45, 2.75) is 31.3 Å². The number of carbonyl (C=O) groups excluding carboxylic acids is 1. The van der Waals surface area contributed by atoms with Crippen molar-refractivity contribution < 1.29 is 22.7 Å². The van der Waals surface area contributed by atoms with E-state index in [2.05, 4.69) is 19.5 Å². The van der Waals surface area contributed by atoms with Gasteiger partial charge in [0.15, 0.2) is 0 Å². The predicted molar refractivity (Wildman–Crippen MR) is 95.6 cm³/mol. The number of nitrogens with zero attached hydrogens (tertiary/aromatic N) is 3. The number of rotatable bonds is 5. The highest BCUT2D eigenvalue weighted by molar-refractivity contribution is 5.90. The van der Waals surface area contributed by atoms with Crippen LogP contribution in [-0.4, -0.2) is 40.9 Å². The maximum atomic E-state index is 12.3. The molecule has 2 fully saturated rings. The van der Waals surface area contributed by atoms with Crippen LogP contribution in [0, 0.1) is 0 Å². The summed E-state index contributed by atoms with van der Waals surface area (Å²) >= 11 is 0. The molecule has 9 heteroatoms. The van der Waals surface area contributed by atoms with Crippen molar-refractivity contribution in [2.75, 3.05) is 18.1 Å². The molecule has 1 aliphatic heterocycles. The Hall–Kier alpha value is -2.81. The number of aromatic nitrogens is 1. The number of ether oxygens (including phenoxy) is 1. The minimum absolute atomic E-state index is 0.0668. The van der Waals surface area contributed by atoms with Gasteiger partial charge < -0.3 is 15.4 Å². The third-order valence-corrected chi connectivity index (χ3v) is 5.21. The molecule has 1 aromatic carbocycles. The predicted octanol–water partition coefficient (Wildman–Crippen LogP) is 2.89. The molecule has 148 valence electrons. The lowest BCUT2D eigenvalue weighted by atomic mass is 10.1. The van der Waals surface area contributed by atoms with Crippen LogP contribution in [0.2, 0.25) is 0 Å². The van der Waals surface area contributed by atoms with E-state index in [1.54, 1.807) is 24.4 Å². The fourth-order valence-electron chi connectivity index (χ4n) is 3.66. The number of nitrogens with two attached hydrogens (primary N) is 1. The van der Waals surface area contributed by atoms with Crippen molar-refractivity contribution >= 4 is 11.6 Å². The van der Waals surface area contributed by atoms with Gasteiger partial charge in [-0.3, -0.25) is 14.7 Å². The smallest absolute Gasteiger partial charge is 0.406 e. The third-order valence-electron chi connectivity index (χ3n) is 5.21. The number of primary amides is 1. The van der Waals surface area contributed by atoms with Crippen LogP contribution >= 0.6 is 0 Å². The van der Waals surface area contributed by atoms with Gasteiger partial charge in [0.25, 0.3) is 5.91 Å². The highest BCUT2D eigenvalue weighted by Crippen LogP contribution is 2.47. The molecule has 1 saturated carbocycles. The number of alkyl halides is 3. The molecule has 2 aliphatic rings. The maximum absolute atomic E-state index is 12.3. The monoisotopic (exact) mass is 392 g/mol. The van der Waals surface area contributed by atoms with E-state index < -0.39 is 12.3 Å². The number of carbonyl (C=O) groups is 1. The van der Waals surface area contributed by atoms with Gasteiger partial charge >= 0.3 is 6.36 Å². The van der Waals surface area contributed by atoms with Gasteiger partial charge in [0.05, 0.1) is 6.67 Å². The summed E-state index contributed by atoms with van der Waals surface area (Å²) in [7, 11) is 0. The molecule has 1 amide bonds. The Kier molecular flexibility index (Phi) is 4.41. The van der Waals surface area contributed by atoms with Gasteiger partial charge in [-0.2, -0.15) is 0 Å². The first-order valence-electron chi connectivity index (χ1n) is 8.85. The molecule has 2 N–H and O–H groups in total. The van der Waals surface area contributed by atoms with Crippen molar-refractivity contribution in [2.24, 2.45) is 5.73 Å². The molecule has 0 bridgehead atoms. The molecular formula is C19H19F3N4O2. The van der Waals surface area contributed by atoms with Crippen LogP contribution < -0.4 is 15.4 Å². The summed E-state index contributed by atoms with van der Waals surface area (Å²) in [6.45, 7) is 2.10. The lowest BCUT2D eigenvalue weighted by Gasteiger charge is -2.22. The summed E-state index contributed by atoms with van der Waals surface area (Å²) in [5.41, 5.74) is 7.40. The molecule has 4 rings (SSSR count). The van der Waals surface area contributed by atoms with Gasteiger partial charge in [0.2, 0.25) is 0 Å². The summed E-state index contributed by atoms with van der Waals surface area (Å²) in [5, 5.41) is 0. The average molecular weight is 392 g/mol. The fraction of sp³-hybridized carbons (Fsp3) is 0.368. The zero-order valence-corrected chi connectivity index (χ0v) is 14.9. The molecule has 28 heavy (non-hydrogen) atoms. The van der Waals surface area contributed by atoms with E-state index in [0.29, 0.717) is 13.2 Å². The molecular weight excluding hydrogens is 373 g/mol. The molecule has 1 aromatic heterocycles. The zero-order chi connectivity index (χ0) is 19.9. The summed E-state index contributed by atoms with van der Waals surface area (Å²) in [6, 6.07) is 9.48. The molecule has 6 nitrogen and oxygen atoms in total. The number of halogens is 3. The van der Waals surface area contributed by atoms with Crippen LogP contribution in [0.25, 0.3) is 0 Å². The van der Waals surface area contributed by atoms with Gasteiger partial charge in [-0.15, -0.1) is 13.2 Å². The quantitative estimate of drug-likeness (QED) is 0.847. The lowest BCUT2D eigenvalue weighted by Crippen LogP contribution is -2.32. The largest absolute Gasteiger partial charge is 0.573 e. The van der Waals surface area contributed by atoms with Crippen LogP contribution in [0.15, 0.2) is 42.6 Å². The van der Waals surface area contributed by atoms with Gasteiger partial charge in [-0.1, -0.05) is 0 Å². The van der Waals surface area contributed by atoms with Crippen molar-refractivity contribution in [1.82, 2.24) is 9.88 Å². The van der Waals surface area contributed by atoms with Gasteiger partial charge in [0.1, 0.15) is 11.4 Å². The van der Waals surface area contributed by atoms with Gasteiger partial charge in [-0.25, -0.2) is 0 Å². The van der Waals surface area contributed by atoms with Crippen LogP contribution in [0.4, 0.5) is 18.9 Å². The molecule has 0 unspecified atom stereocenters. The third kappa shape index (κ3) is 3.89. The van der Waals surface area contributed by atoms with Crippen molar-refractivity contribution in [3.63, 3.8) is 0 Å². The van der Waals surface area contributed by atoms with Crippen LogP contribution in [0.5, 0.6) is 5.75 Å². The zero-order valence-electron chi connectivity index (χ0n) is 14.9. The summed E-state index contributed by atoms with van der Waals surface area (Å²) < 4.78 is 40.9. The second kappa shape index (κ2) is 6.66. The molecule has 2 aromatic rings. The van der Waals surface area contributed by atoms with Crippen LogP contribution in [0.3, 0.4) is 0 Å². The van der Waals surface area contributed by atoms with E-state index in [-0.39, 0.29) is 17.0 Å². The number of anilines is 1. The highest BCUT2D eigenvalue weighted by atomic mass is 19.4. The maximum Gasteiger partial charge on any atom is 0.573 e. The van der Waals surface area contributed by atoms with Crippen molar-refractivity contribution in [1.29, 1.82) is 0 Å². The Morgan fingerprint density at radius 3 is 2.54 bits per heavy atom. The van der Waals surface area contributed by atoms with E-state index in [0.717, 1.165) is 30.6 Å². The van der Waals surface area contributed by atoms with E-state index in [4.69, 9.17) is 5.73 Å². The second-order valence-corrected chi connectivity index (χ2v) is 7.22. The Bertz CT molecular complexity index is 881. The highest BCUT2D eigenvalue weighted by Gasteiger charge is 2.53. The summed E-state index contributed by atoms with van der Waals surface area (Å²) in [4.78, 5) is 19.8. The molecule has 0 atom stereocenters.